The molecule has 0 spiro atoms. The Bertz CT molecular complexity index is 495. The van der Waals surface area contributed by atoms with E-state index in [9.17, 15) is 4.79 Å². The molecule has 0 N–H and O–H groups in total. The van der Waals surface area contributed by atoms with Crippen molar-refractivity contribution in [3.05, 3.63) is 42.1 Å². The van der Waals surface area contributed by atoms with Crippen LogP contribution >= 0.6 is 0 Å². The molecule has 0 bridgehead atoms. The summed E-state index contributed by atoms with van der Waals surface area (Å²) in [5, 5.41) is 2.62. The minimum atomic E-state index is -1.82. The van der Waals surface area contributed by atoms with Gasteiger partial charge >= 0.3 is 0 Å². The van der Waals surface area contributed by atoms with Gasteiger partial charge in [-0.05, 0) is 19.8 Å². The average Bonchev–Trinajstić information content (AvgIpc) is 2.48. The Hall–Kier alpha value is -1.15. The fourth-order valence-corrected chi connectivity index (χ4v) is 6.65. The minimum Gasteiger partial charge on any atom is -0.299 e. The molecule has 0 amide bonds. The zero-order valence-corrected chi connectivity index (χ0v) is 14.0. The van der Waals surface area contributed by atoms with E-state index in [0.29, 0.717) is 5.78 Å². The number of carbonyl (C=O) groups is 1. The van der Waals surface area contributed by atoms with Crippen molar-refractivity contribution in [2.45, 2.75) is 52.1 Å². The van der Waals surface area contributed by atoms with Gasteiger partial charge in [0.2, 0.25) is 0 Å². The molecular weight excluding hydrogens is 260 g/mol. The highest BCUT2D eigenvalue weighted by Gasteiger charge is 2.45. The smallest absolute Gasteiger partial charge is 0.139 e. The largest absolute Gasteiger partial charge is 0.299 e. The lowest BCUT2D eigenvalue weighted by atomic mass is 9.71. The molecule has 0 aliphatic heterocycles. The lowest BCUT2D eigenvalue weighted by Gasteiger charge is -2.43. The summed E-state index contributed by atoms with van der Waals surface area (Å²) in [6.07, 6.45) is 5.60. The number of benzene rings is 1. The van der Waals surface area contributed by atoms with E-state index in [2.05, 4.69) is 50.0 Å². The van der Waals surface area contributed by atoms with E-state index in [1.807, 2.05) is 0 Å². The molecule has 0 heterocycles. The van der Waals surface area contributed by atoms with Gasteiger partial charge in [-0.3, -0.25) is 4.79 Å². The normalized spacial score (nSPS) is 18.6. The molecule has 0 unspecified atom stereocenters. The number of hydrogen-bond donors (Lipinski definition) is 0. The van der Waals surface area contributed by atoms with E-state index in [0.717, 1.165) is 25.7 Å². The second-order valence-corrected chi connectivity index (χ2v) is 11.1. The highest BCUT2D eigenvalue weighted by atomic mass is 28.3. The Morgan fingerprint density at radius 3 is 2.15 bits per heavy atom. The van der Waals surface area contributed by atoms with Gasteiger partial charge in [0.15, 0.2) is 0 Å². The van der Waals surface area contributed by atoms with Crippen LogP contribution in [-0.4, -0.2) is 13.9 Å². The summed E-state index contributed by atoms with van der Waals surface area (Å²) in [4.78, 5) is 12.4. The number of rotatable bonds is 4. The second kappa shape index (κ2) is 5.69. The van der Waals surface area contributed by atoms with Crippen LogP contribution in [0.5, 0.6) is 0 Å². The maximum absolute atomic E-state index is 12.4. The van der Waals surface area contributed by atoms with Crippen LogP contribution in [0.15, 0.2) is 42.1 Å². The minimum absolute atomic E-state index is 0.246. The van der Waals surface area contributed by atoms with Crippen LogP contribution in [0.1, 0.15) is 39.0 Å². The molecule has 2 heteroatoms. The molecule has 1 aromatic carbocycles. The lowest BCUT2D eigenvalue weighted by molar-refractivity contribution is -0.125. The van der Waals surface area contributed by atoms with Gasteiger partial charge in [0.05, 0.1) is 0 Å². The summed E-state index contributed by atoms with van der Waals surface area (Å²) in [7, 11) is -1.82. The predicted octanol–water partition coefficient (Wildman–Crippen LogP) is 4.24. The van der Waals surface area contributed by atoms with Crippen LogP contribution in [0.2, 0.25) is 13.1 Å². The van der Waals surface area contributed by atoms with Crippen LogP contribution in [-0.2, 0) is 4.79 Å². The van der Waals surface area contributed by atoms with Crippen LogP contribution < -0.4 is 5.19 Å². The van der Waals surface area contributed by atoms with Gasteiger partial charge in [-0.1, -0.05) is 73.1 Å². The van der Waals surface area contributed by atoms with Gasteiger partial charge in [0.1, 0.15) is 13.9 Å². The third kappa shape index (κ3) is 2.54. The zero-order valence-electron chi connectivity index (χ0n) is 13.0. The molecule has 0 aromatic heterocycles. The Morgan fingerprint density at radius 2 is 1.65 bits per heavy atom. The fourth-order valence-electron chi connectivity index (χ4n) is 3.65. The van der Waals surface area contributed by atoms with Crippen molar-refractivity contribution in [1.29, 1.82) is 0 Å². The molecule has 1 aliphatic carbocycles. The van der Waals surface area contributed by atoms with Crippen molar-refractivity contribution < 1.29 is 4.79 Å². The van der Waals surface area contributed by atoms with Crippen molar-refractivity contribution in [3.63, 3.8) is 0 Å². The molecule has 108 valence electrons. The molecule has 20 heavy (non-hydrogen) atoms. The molecule has 1 nitrogen and oxygen atoms in total. The van der Waals surface area contributed by atoms with Crippen molar-refractivity contribution in [2.75, 3.05) is 0 Å². The van der Waals surface area contributed by atoms with Crippen LogP contribution in [0.3, 0.4) is 0 Å². The maximum atomic E-state index is 12.4. The number of allylic oxidation sites excluding steroid dienone is 1. The first kappa shape index (κ1) is 15.2. The van der Waals surface area contributed by atoms with Crippen LogP contribution in [0.4, 0.5) is 0 Å². The number of Topliss-reactive ketones (excluding diaryl/α,β-unsaturated/α-hetero) is 1. The maximum Gasteiger partial charge on any atom is 0.139 e. The third-order valence-electron chi connectivity index (χ3n) is 5.21. The van der Waals surface area contributed by atoms with Crippen LogP contribution in [0, 0.1) is 5.41 Å². The molecule has 0 saturated heterocycles. The third-order valence-corrected chi connectivity index (χ3v) is 8.97. The summed E-state index contributed by atoms with van der Waals surface area (Å²) in [5.74, 6) is 0.332. The SMILES string of the molecule is C=C(C1(C(C)=O)CCCCC1)[Si](C)(C)c1ccccc1. The molecule has 0 atom stereocenters. The van der Waals surface area contributed by atoms with E-state index < -0.39 is 8.07 Å². The topological polar surface area (TPSA) is 17.1 Å². The van der Waals surface area contributed by atoms with Gasteiger partial charge in [-0.15, -0.1) is 6.58 Å². The van der Waals surface area contributed by atoms with Gasteiger partial charge in [-0.2, -0.15) is 0 Å². The molecular formula is C18H26OSi. The standard InChI is InChI=1S/C18H26OSi/c1-15(19)18(13-9-6-10-14-18)16(2)20(3,4)17-11-7-5-8-12-17/h5,7-8,11-12H,2,6,9-10,13-14H2,1,3-4H3. The van der Waals surface area contributed by atoms with Crippen molar-refractivity contribution in [2.24, 2.45) is 5.41 Å². The lowest BCUT2D eigenvalue weighted by Crippen LogP contribution is -2.51. The van der Waals surface area contributed by atoms with E-state index in [1.165, 1.54) is 16.8 Å². The molecule has 1 aliphatic rings. The molecule has 1 fully saturated rings. The van der Waals surface area contributed by atoms with E-state index in [-0.39, 0.29) is 5.41 Å². The van der Waals surface area contributed by atoms with Crippen molar-refractivity contribution in [1.82, 2.24) is 0 Å². The summed E-state index contributed by atoms with van der Waals surface area (Å²) in [5.41, 5.74) is -0.246. The first-order valence-corrected chi connectivity index (χ1v) is 10.7. The summed E-state index contributed by atoms with van der Waals surface area (Å²) in [6, 6.07) is 10.7. The highest BCUT2D eigenvalue weighted by molar-refractivity contribution is 6.96. The summed E-state index contributed by atoms with van der Waals surface area (Å²) < 4.78 is 0. The number of hydrogen-bond acceptors (Lipinski definition) is 1. The quantitative estimate of drug-likeness (QED) is 0.757. The van der Waals surface area contributed by atoms with Crippen molar-refractivity contribution in [3.8, 4) is 0 Å². The predicted molar refractivity (Wildman–Crippen MR) is 88.9 cm³/mol. The van der Waals surface area contributed by atoms with Crippen LogP contribution in [0.25, 0.3) is 0 Å². The zero-order chi connectivity index (χ0) is 14.8. The van der Waals surface area contributed by atoms with E-state index in [4.69, 9.17) is 0 Å². The fraction of sp³-hybridized carbons (Fsp3) is 0.500. The highest BCUT2D eigenvalue weighted by Crippen LogP contribution is 2.45. The van der Waals surface area contributed by atoms with E-state index in [1.54, 1.807) is 6.92 Å². The monoisotopic (exact) mass is 286 g/mol. The number of carbonyl (C=O) groups excluding carboxylic acids is 1. The summed E-state index contributed by atoms with van der Waals surface area (Å²) in [6.45, 7) is 10.9. The van der Waals surface area contributed by atoms with Crippen molar-refractivity contribution >= 4 is 19.0 Å². The Kier molecular flexibility index (Phi) is 4.33. The Balaban J connectivity index is 2.39. The molecule has 1 aromatic rings. The van der Waals surface area contributed by atoms with E-state index >= 15 is 0 Å². The summed E-state index contributed by atoms with van der Waals surface area (Å²) >= 11 is 0. The molecule has 2 rings (SSSR count). The first-order chi connectivity index (χ1) is 9.41. The Morgan fingerprint density at radius 1 is 1.10 bits per heavy atom. The van der Waals surface area contributed by atoms with Gasteiger partial charge in [-0.25, -0.2) is 0 Å². The Labute approximate surface area is 124 Å². The number of ketones is 1. The molecule has 0 radical (unpaired) electrons. The molecule has 1 saturated carbocycles. The first-order valence-electron chi connectivity index (χ1n) is 7.68. The van der Waals surface area contributed by atoms with Gasteiger partial charge < -0.3 is 0 Å². The average molecular weight is 286 g/mol. The second-order valence-electron chi connectivity index (χ2n) is 6.67. The van der Waals surface area contributed by atoms with Gasteiger partial charge in [0, 0.05) is 5.41 Å². The van der Waals surface area contributed by atoms with Gasteiger partial charge in [0.25, 0.3) is 0 Å².